The number of rotatable bonds is 7. The third-order valence-electron chi connectivity index (χ3n) is 3.89. The zero-order chi connectivity index (χ0) is 19.3. The van der Waals surface area contributed by atoms with Crippen molar-refractivity contribution in [2.24, 2.45) is 0 Å². The van der Waals surface area contributed by atoms with E-state index in [1.807, 2.05) is 0 Å². The van der Waals surface area contributed by atoms with Crippen molar-refractivity contribution < 1.29 is 22.7 Å². The second-order valence-electron chi connectivity index (χ2n) is 6.23. The smallest absolute Gasteiger partial charge is 0.252 e. The van der Waals surface area contributed by atoms with Gasteiger partial charge in [0, 0.05) is 31.1 Å². The molecule has 8 nitrogen and oxygen atoms in total. The van der Waals surface area contributed by atoms with E-state index in [4.69, 9.17) is 9.47 Å². The minimum absolute atomic E-state index is 0.0877. The lowest BCUT2D eigenvalue weighted by Crippen LogP contribution is -2.31. The summed E-state index contributed by atoms with van der Waals surface area (Å²) in [5.74, 6) is 0.618. The fourth-order valence-corrected chi connectivity index (χ4v) is 3.18. The van der Waals surface area contributed by atoms with Crippen LogP contribution in [0.2, 0.25) is 0 Å². The van der Waals surface area contributed by atoms with E-state index in [1.54, 1.807) is 36.4 Å². The lowest BCUT2D eigenvalue weighted by Gasteiger charge is -2.11. The van der Waals surface area contributed by atoms with Gasteiger partial charge in [-0.2, -0.15) is 0 Å². The van der Waals surface area contributed by atoms with Gasteiger partial charge in [0.1, 0.15) is 5.75 Å². The van der Waals surface area contributed by atoms with Crippen molar-refractivity contribution >= 4 is 21.6 Å². The van der Waals surface area contributed by atoms with Gasteiger partial charge in [0.05, 0.1) is 17.9 Å². The summed E-state index contributed by atoms with van der Waals surface area (Å²) < 4.78 is 35.8. The molecule has 9 heteroatoms. The summed E-state index contributed by atoms with van der Waals surface area (Å²) in [6.45, 7) is 1.24. The minimum Gasteiger partial charge on any atom is -0.439 e. The van der Waals surface area contributed by atoms with Crippen LogP contribution in [0, 0.1) is 0 Å². The molecule has 1 aliphatic heterocycles. The molecule has 0 spiro atoms. The molecule has 2 aromatic rings. The van der Waals surface area contributed by atoms with Crippen molar-refractivity contribution in [3.63, 3.8) is 0 Å². The van der Waals surface area contributed by atoms with Crippen LogP contribution in [0.25, 0.3) is 0 Å². The molecule has 144 valence electrons. The van der Waals surface area contributed by atoms with E-state index in [0.717, 1.165) is 25.7 Å². The lowest BCUT2D eigenvalue weighted by atomic mass is 10.2. The van der Waals surface area contributed by atoms with Crippen LogP contribution in [0.5, 0.6) is 11.6 Å². The number of nitrogens with one attached hydrogen (secondary N) is 2. The molecule has 3 rings (SSSR count). The minimum atomic E-state index is -3.32. The SMILES string of the molecule is CS(=O)(=O)Nc1ccc(Oc2ccc(C(=O)NC[C@H]3CCCO3)cn2)cc1. The van der Waals surface area contributed by atoms with Crippen molar-refractivity contribution in [1.82, 2.24) is 10.3 Å². The summed E-state index contributed by atoms with van der Waals surface area (Å²) in [4.78, 5) is 16.2. The maximum atomic E-state index is 12.1. The van der Waals surface area contributed by atoms with Crippen molar-refractivity contribution in [3.8, 4) is 11.6 Å². The average molecular weight is 391 g/mol. The molecule has 2 heterocycles. The standard InChI is InChI=1S/C18H21N3O5S/c1-27(23,24)21-14-5-7-15(8-6-14)26-17-9-4-13(11-19-17)18(22)20-12-16-3-2-10-25-16/h4-9,11,16,21H,2-3,10,12H2,1H3,(H,20,22)/t16-/m1/s1. The maximum Gasteiger partial charge on any atom is 0.252 e. The van der Waals surface area contributed by atoms with E-state index < -0.39 is 10.0 Å². The second-order valence-corrected chi connectivity index (χ2v) is 7.98. The predicted molar refractivity (Wildman–Crippen MR) is 101 cm³/mol. The third-order valence-corrected chi connectivity index (χ3v) is 4.50. The van der Waals surface area contributed by atoms with Gasteiger partial charge < -0.3 is 14.8 Å². The molecule has 0 aliphatic carbocycles. The normalized spacial score (nSPS) is 16.7. The summed E-state index contributed by atoms with van der Waals surface area (Å²) in [6.07, 6.45) is 4.60. The highest BCUT2D eigenvalue weighted by atomic mass is 32.2. The van der Waals surface area contributed by atoms with Crippen molar-refractivity contribution in [3.05, 3.63) is 48.2 Å². The van der Waals surface area contributed by atoms with Crippen LogP contribution in [-0.4, -0.2) is 44.8 Å². The number of aromatic nitrogens is 1. The number of hydrogen-bond acceptors (Lipinski definition) is 6. The van der Waals surface area contributed by atoms with Crippen molar-refractivity contribution in [2.75, 3.05) is 24.1 Å². The molecule has 1 saturated heterocycles. The van der Waals surface area contributed by atoms with Crippen LogP contribution in [0.15, 0.2) is 42.6 Å². The first kappa shape index (κ1) is 19.1. The molecule has 27 heavy (non-hydrogen) atoms. The summed E-state index contributed by atoms with van der Waals surface area (Å²) in [7, 11) is -3.32. The van der Waals surface area contributed by atoms with Crippen LogP contribution >= 0.6 is 0 Å². The molecule has 0 bridgehead atoms. The van der Waals surface area contributed by atoms with E-state index >= 15 is 0 Å². The Kier molecular flexibility index (Phi) is 5.92. The molecule has 0 unspecified atom stereocenters. The van der Waals surface area contributed by atoms with Gasteiger partial charge in [-0.1, -0.05) is 0 Å². The van der Waals surface area contributed by atoms with Gasteiger partial charge >= 0.3 is 0 Å². The van der Waals surface area contributed by atoms with Crippen LogP contribution in [0.3, 0.4) is 0 Å². The Hall–Kier alpha value is -2.65. The molecule has 1 atom stereocenters. The summed E-state index contributed by atoms with van der Waals surface area (Å²) in [5.41, 5.74) is 0.879. The number of carbonyl (C=O) groups excluding carboxylic acids is 1. The topological polar surface area (TPSA) is 107 Å². The Morgan fingerprint density at radius 3 is 2.63 bits per heavy atom. The van der Waals surface area contributed by atoms with Gasteiger partial charge in [0.15, 0.2) is 0 Å². The number of hydrogen-bond donors (Lipinski definition) is 2. The lowest BCUT2D eigenvalue weighted by molar-refractivity contribution is 0.0857. The summed E-state index contributed by atoms with van der Waals surface area (Å²) in [5, 5.41) is 2.83. The number of sulfonamides is 1. The highest BCUT2D eigenvalue weighted by Crippen LogP contribution is 2.22. The highest BCUT2D eigenvalue weighted by Gasteiger charge is 2.16. The quantitative estimate of drug-likeness (QED) is 0.749. The van der Waals surface area contributed by atoms with E-state index in [2.05, 4.69) is 15.0 Å². The fourth-order valence-electron chi connectivity index (χ4n) is 2.61. The van der Waals surface area contributed by atoms with E-state index in [9.17, 15) is 13.2 Å². The fraction of sp³-hybridized carbons (Fsp3) is 0.333. The molecule has 1 aromatic carbocycles. The van der Waals surface area contributed by atoms with Gasteiger partial charge in [-0.25, -0.2) is 13.4 Å². The second kappa shape index (κ2) is 8.36. The number of pyridine rings is 1. The molecular weight excluding hydrogens is 370 g/mol. The maximum absolute atomic E-state index is 12.1. The number of carbonyl (C=O) groups is 1. The van der Waals surface area contributed by atoms with Crippen molar-refractivity contribution in [2.45, 2.75) is 18.9 Å². The van der Waals surface area contributed by atoms with E-state index in [0.29, 0.717) is 29.4 Å². The Balaban J connectivity index is 1.54. The molecule has 1 fully saturated rings. The third kappa shape index (κ3) is 5.93. The first-order chi connectivity index (χ1) is 12.9. The average Bonchev–Trinajstić information content (AvgIpc) is 3.14. The van der Waals surface area contributed by atoms with Crippen molar-refractivity contribution in [1.29, 1.82) is 0 Å². The molecule has 2 N–H and O–H groups in total. The molecule has 0 radical (unpaired) electrons. The Labute approximate surface area is 158 Å². The Bertz CT molecular complexity index is 876. The number of benzene rings is 1. The predicted octanol–water partition coefficient (Wildman–Crippen LogP) is 2.15. The number of anilines is 1. The monoisotopic (exact) mass is 391 g/mol. The van der Waals surface area contributed by atoms with Gasteiger partial charge in [-0.3, -0.25) is 9.52 Å². The van der Waals surface area contributed by atoms with E-state index in [1.165, 1.54) is 6.20 Å². The van der Waals surface area contributed by atoms with Crippen LogP contribution < -0.4 is 14.8 Å². The summed E-state index contributed by atoms with van der Waals surface area (Å²) in [6, 6.07) is 9.65. The molecular formula is C18H21N3O5S. The first-order valence-corrected chi connectivity index (χ1v) is 10.4. The van der Waals surface area contributed by atoms with Crippen LogP contribution in [0.4, 0.5) is 5.69 Å². The number of amides is 1. The zero-order valence-corrected chi connectivity index (χ0v) is 15.7. The van der Waals surface area contributed by atoms with Gasteiger partial charge in [0.2, 0.25) is 15.9 Å². The Morgan fingerprint density at radius 2 is 2.04 bits per heavy atom. The van der Waals surface area contributed by atoms with Crippen LogP contribution in [0.1, 0.15) is 23.2 Å². The van der Waals surface area contributed by atoms with Crippen LogP contribution in [-0.2, 0) is 14.8 Å². The number of nitrogens with zero attached hydrogens (tertiary/aromatic N) is 1. The van der Waals surface area contributed by atoms with Gasteiger partial charge in [-0.15, -0.1) is 0 Å². The zero-order valence-electron chi connectivity index (χ0n) is 14.8. The first-order valence-electron chi connectivity index (χ1n) is 8.51. The molecule has 1 aliphatic rings. The highest BCUT2D eigenvalue weighted by molar-refractivity contribution is 7.92. The van der Waals surface area contributed by atoms with Gasteiger partial charge in [0.25, 0.3) is 5.91 Å². The number of ether oxygens (including phenoxy) is 2. The molecule has 1 amide bonds. The largest absolute Gasteiger partial charge is 0.439 e. The summed E-state index contributed by atoms with van der Waals surface area (Å²) >= 11 is 0. The van der Waals surface area contributed by atoms with Gasteiger partial charge in [-0.05, 0) is 43.2 Å². The Morgan fingerprint density at radius 1 is 1.26 bits per heavy atom. The van der Waals surface area contributed by atoms with E-state index in [-0.39, 0.29) is 12.0 Å². The molecule has 1 aromatic heterocycles. The molecule has 0 saturated carbocycles.